The van der Waals surface area contributed by atoms with Gasteiger partial charge >= 0.3 is 14.8 Å². The number of amides is 1. The standard InChI is InChI=1S/C15H29NO6Si/c1-6-20-23(21-7-2,22-8-3)12-9-14(17)16-10-11-19-15(18)13(4)5/h4,6-12H2,1-3,5H3,(H,16,17). The maximum Gasteiger partial charge on any atom is 0.501 e. The van der Waals surface area contributed by atoms with E-state index in [9.17, 15) is 9.59 Å². The van der Waals surface area contributed by atoms with Crippen LogP contribution in [-0.2, 0) is 27.6 Å². The van der Waals surface area contributed by atoms with E-state index in [-0.39, 0.29) is 25.5 Å². The number of carbonyl (C=O) groups is 2. The summed E-state index contributed by atoms with van der Waals surface area (Å²) in [4.78, 5) is 23.0. The first kappa shape index (κ1) is 21.8. The van der Waals surface area contributed by atoms with E-state index < -0.39 is 14.8 Å². The second-order valence-corrected chi connectivity index (χ2v) is 7.48. The average molecular weight is 347 g/mol. The average Bonchev–Trinajstić information content (AvgIpc) is 2.50. The van der Waals surface area contributed by atoms with Gasteiger partial charge in [0.2, 0.25) is 5.91 Å². The van der Waals surface area contributed by atoms with E-state index >= 15 is 0 Å². The molecule has 0 fully saturated rings. The van der Waals surface area contributed by atoms with Crippen LogP contribution < -0.4 is 5.32 Å². The monoisotopic (exact) mass is 347 g/mol. The summed E-state index contributed by atoms with van der Waals surface area (Å²) in [5.41, 5.74) is 0.331. The Kier molecular flexibility index (Phi) is 11.6. The first-order chi connectivity index (χ1) is 10.9. The summed E-state index contributed by atoms with van der Waals surface area (Å²) in [5, 5.41) is 2.69. The molecule has 0 heterocycles. The van der Waals surface area contributed by atoms with E-state index in [4.69, 9.17) is 18.0 Å². The van der Waals surface area contributed by atoms with E-state index in [1.165, 1.54) is 0 Å². The first-order valence-corrected chi connectivity index (χ1v) is 9.85. The predicted molar refractivity (Wildman–Crippen MR) is 88.8 cm³/mol. The number of rotatable bonds is 13. The molecule has 0 aliphatic heterocycles. The summed E-state index contributed by atoms with van der Waals surface area (Å²) in [6, 6.07) is 0.417. The van der Waals surface area contributed by atoms with Crippen LogP contribution in [0.5, 0.6) is 0 Å². The number of hydrogen-bond acceptors (Lipinski definition) is 6. The van der Waals surface area contributed by atoms with Gasteiger partial charge in [0.25, 0.3) is 0 Å². The highest BCUT2D eigenvalue weighted by molar-refractivity contribution is 6.61. The highest BCUT2D eigenvalue weighted by Gasteiger charge is 2.40. The van der Waals surface area contributed by atoms with Crippen molar-refractivity contribution in [2.24, 2.45) is 0 Å². The summed E-state index contributed by atoms with van der Waals surface area (Å²) >= 11 is 0. The summed E-state index contributed by atoms with van der Waals surface area (Å²) in [7, 11) is -2.80. The number of carbonyl (C=O) groups excluding carboxylic acids is 2. The van der Waals surface area contributed by atoms with Crippen LogP contribution in [0.4, 0.5) is 0 Å². The zero-order valence-electron chi connectivity index (χ0n) is 14.6. The highest BCUT2D eigenvalue weighted by Crippen LogP contribution is 2.18. The lowest BCUT2D eigenvalue weighted by atomic mass is 10.4. The van der Waals surface area contributed by atoms with Gasteiger partial charge in [-0.25, -0.2) is 4.79 Å². The highest BCUT2D eigenvalue weighted by atomic mass is 28.4. The van der Waals surface area contributed by atoms with Crippen molar-refractivity contribution in [2.45, 2.75) is 40.2 Å². The molecule has 0 aliphatic carbocycles. The van der Waals surface area contributed by atoms with Crippen LogP contribution in [0.2, 0.25) is 6.04 Å². The maximum absolute atomic E-state index is 11.9. The molecule has 0 aromatic carbocycles. The van der Waals surface area contributed by atoms with Crippen molar-refractivity contribution >= 4 is 20.7 Å². The van der Waals surface area contributed by atoms with Gasteiger partial charge in [0.05, 0.1) is 6.54 Å². The topological polar surface area (TPSA) is 83.1 Å². The number of hydrogen-bond donors (Lipinski definition) is 1. The van der Waals surface area contributed by atoms with Gasteiger partial charge in [0.15, 0.2) is 0 Å². The van der Waals surface area contributed by atoms with Crippen LogP contribution in [0.1, 0.15) is 34.1 Å². The molecule has 1 amide bonds. The molecule has 0 radical (unpaired) electrons. The molecular weight excluding hydrogens is 318 g/mol. The van der Waals surface area contributed by atoms with Gasteiger partial charge in [-0.1, -0.05) is 6.58 Å². The first-order valence-electron chi connectivity index (χ1n) is 7.91. The Balaban J connectivity index is 4.20. The Morgan fingerprint density at radius 3 is 2.00 bits per heavy atom. The molecule has 0 unspecified atom stereocenters. The third-order valence-electron chi connectivity index (χ3n) is 2.76. The van der Waals surface area contributed by atoms with Gasteiger partial charge in [0.1, 0.15) is 6.61 Å². The van der Waals surface area contributed by atoms with Gasteiger partial charge in [-0.05, 0) is 27.7 Å². The summed E-state index contributed by atoms with van der Waals surface area (Å²) < 4.78 is 21.9. The number of nitrogens with one attached hydrogen (secondary N) is 1. The molecule has 0 aromatic rings. The molecular formula is C15H29NO6Si. The lowest BCUT2D eigenvalue weighted by Gasteiger charge is -2.28. The summed E-state index contributed by atoms with van der Waals surface area (Å²) in [5.74, 6) is -0.623. The normalized spacial score (nSPS) is 11.1. The fourth-order valence-electron chi connectivity index (χ4n) is 1.81. The van der Waals surface area contributed by atoms with Crippen molar-refractivity contribution in [1.82, 2.24) is 5.32 Å². The number of esters is 1. The third-order valence-corrected chi connectivity index (χ3v) is 5.80. The predicted octanol–water partition coefficient (Wildman–Crippen LogP) is 1.66. The van der Waals surface area contributed by atoms with Crippen molar-refractivity contribution in [3.05, 3.63) is 12.2 Å². The van der Waals surface area contributed by atoms with E-state index in [1.54, 1.807) is 6.92 Å². The SMILES string of the molecule is C=C(C)C(=O)OCCNC(=O)CC[Si](OCC)(OCC)OCC. The van der Waals surface area contributed by atoms with Gasteiger partial charge < -0.3 is 23.3 Å². The Hall–Kier alpha value is -1.22. The second kappa shape index (κ2) is 12.2. The number of ether oxygens (including phenoxy) is 1. The van der Waals surface area contributed by atoms with Crippen molar-refractivity contribution < 1.29 is 27.6 Å². The molecule has 0 saturated carbocycles. The van der Waals surface area contributed by atoms with Crippen LogP contribution in [0.3, 0.4) is 0 Å². The van der Waals surface area contributed by atoms with Crippen LogP contribution in [0.15, 0.2) is 12.2 Å². The minimum atomic E-state index is -2.80. The van der Waals surface area contributed by atoms with E-state index in [2.05, 4.69) is 11.9 Å². The second-order valence-electron chi connectivity index (χ2n) is 4.75. The molecule has 0 bridgehead atoms. The van der Waals surface area contributed by atoms with E-state index in [0.29, 0.717) is 31.4 Å². The van der Waals surface area contributed by atoms with E-state index in [1.807, 2.05) is 20.8 Å². The lowest BCUT2D eigenvalue weighted by Crippen LogP contribution is -2.46. The van der Waals surface area contributed by atoms with Crippen molar-refractivity contribution in [1.29, 1.82) is 0 Å². The van der Waals surface area contributed by atoms with Crippen molar-refractivity contribution in [2.75, 3.05) is 33.0 Å². The zero-order valence-corrected chi connectivity index (χ0v) is 15.6. The maximum atomic E-state index is 11.9. The third kappa shape index (κ3) is 9.49. The fourth-order valence-corrected chi connectivity index (χ4v) is 4.35. The molecule has 0 spiro atoms. The largest absolute Gasteiger partial charge is 0.501 e. The van der Waals surface area contributed by atoms with Gasteiger partial charge in [0, 0.05) is 37.9 Å². The Bertz CT molecular complexity index is 371. The Morgan fingerprint density at radius 2 is 1.57 bits per heavy atom. The van der Waals surface area contributed by atoms with Gasteiger partial charge in [-0.2, -0.15) is 0 Å². The Morgan fingerprint density at radius 1 is 1.04 bits per heavy atom. The molecule has 23 heavy (non-hydrogen) atoms. The summed E-state index contributed by atoms with van der Waals surface area (Å²) in [6.45, 7) is 12.5. The van der Waals surface area contributed by atoms with Crippen LogP contribution in [0, 0.1) is 0 Å². The smallest absolute Gasteiger partial charge is 0.460 e. The van der Waals surface area contributed by atoms with Gasteiger partial charge in [-0.3, -0.25) is 4.79 Å². The van der Waals surface area contributed by atoms with Gasteiger partial charge in [-0.15, -0.1) is 0 Å². The molecule has 1 N–H and O–H groups in total. The van der Waals surface area contributed by atoms with Crippen molar-refractivity contribution in [3.63, 3.8) is 0 Å². The van der Waals surface area contributed by atoms with Crippen LogP contribution in [0.25, 0.3) is 0 Å². The minimum absolute atomic E-state index is 0.113. The molecule has 0 saturated heterocycles. The fraction of sp³-hybridized carbons (Fsp3) is 0.733. The van der Waals surface area contributed by atoms with Crippen LogP contribution >= 0.6 is 0 Å². The van der Waals surface area contributed by atoms with Crippen molar-refractivity contribution in [3.8, 4) is 0 Å². The van der Waals surface area contributed by atoms with Crippen LogP contribution in [-0.4, -0.2) is 53.7 Å². The molecule has 0 aromatic heterocycles. The molecule has 134 valence electrons. The van der Waals surface area contributed by atoms with E-state index in [0.717, 1.165) is 0 Å². The minimum Gasteiger partial charge on any atom is -0.460 e. The lowest BCUT2D eigenvalue weighted by molar-refractivity contribution is -0.139. The summed E-state index contributed by atoms with van der Waals surface area (Å²) in [6.07, 6.45) is 0.237. The molecule has 0 rings (SSSR count). The molecule has 8 heteroatoms. The molecule has 0 atom stereocenters. The molecule has 7 nitrogen and oxygen atoms in total. The Labute approximate surface area is 139 Å². The quantitative estimate of drug-likeness (QED) is 0.236. The zero-order chi connectivity index (χ0) is 17.7. The molecule has 0 aliphatic rings.